The summed E-state index contributed by atoms with van der Waals surface area (Å²) >= 11 is 1.45. The van der Waals surface area contributed by atoms with Gasteiger partial charge in [-0.05, 0) is 63.6 Å². The summed E-state index contributed by atoms with van der Waals surface area (Å²) in [5.74, 6) is 0.384. The maximum Gasteiger partial charge on any atom is 0.341 e. The van der Waals surface area contributed by atoms with Crippen molar-refractivity contribution in [1.29, 1.82) is 0 Å². The van der Waals surface area contributed by atoms with Crippen LogP contribution in [0.3, 0.4) is 0 Å². The molecule has 1 aromatic carbocycles. The Morgan fingerprint density at radius 1 is 1.15 bits per heavy atom. The van der Waals surface area contributed by atoms with Crippen LogP contribution >= 0.6 is 11.3 Å². The quantitative estimate of drug-likeness (QED) is 0.377. The van der Waals surface area contributed by atoms with Crippen molar-refractivity contribution in [1.82, 2.24) is 5.16 Å². The molecule has 2 aromatic heterocycles. The molecule has 0 saturated carbocycles. The SMILES string of the molecule is COC(=O)c1c(NC(=O)c2noc(C)c2COc2ccc(C)cc2C)sc2c1CCCCC2. The van der Waals surface area contributed by atoms with Gasteiger partial charge in [0.05, 0.1) is 18.2 Å². The van der Waals surface area contributed by atoms with Gasteiger partial charge in [-0.25, -0.2) is 4.79 Å². The molecule has 0 aliphatic heterocycles. The molecule has 1 N–H and O–H groups in total. The number of methoxy groups -OCH3 is 1. The zero-order valence-corrected chi connectivity index (χ0v) is 20.2. The minimum atomic E-state index is -0.437. The fourth-order valence-corrected chi connectivity index (χ4v) is 5.43. The Balaban J connectivity index is 1.58. The number of hydrogen-bond donors (Lipinski definition) is 1. The summed E-state index contributed by atoms with van der Waals surface area (Å²) in [6.07, 6.45) is 4.93. The lowest BCUT2D eigenvalue weighted by Gasteiger charge is -2.10. The molecule has 0 bridgehead atoms. The molecule has 4 rings (SSSR count). The van der Waals surface area contributed by atoms with E-state index in [9.17, 15) is 9.59 Å². The molecule has 1 amide bonds. The number of thiophene rings is 1. The fourth-order valence-electron chi connectivity index (χ4n) is 4.16. The molecule has 7 nitrogen and oxygen atoms in total. The van der Waals surface area contributed by atoms with Crippen LogP contribution in [0.15, 0.2) is 22.7 Å². The highest BCUT2D eigenvalue weighted by atomic mass is 32.1. The second-order valence-electron chi connectivity index (χ2n) is 8.34. The lowest BCUT2D eigenvalue weighted by atomic mass is 10.1. The van der Waals surface area contributed by atoms with Crippen LogP contribution in [0.4, 0.5) is 5.00 Å². The van der Waals surface area contributed by atoms with Crippen molar-refractivity contribution in [3.63, 3.8) is 0 Å². The van der Waals surface area contributed by atoms with Crippen LogP contribution in [0.1, 0.15) is 73.0 Å². The Morgan fingerprint density at radius 2 is 1.94 bits per heavy atom. The van der Waals surface area contributed by atoms with Crippen molar-refractivity contribution in [2.24, 2.45) is 0 Å². The number of benzene rings is 1. The largest absolute Gasteiger partial charge is 0.488 e. The molecule has 8 heteroatoms. The smallest absolute Gasteiger partial charge is 0.341 e. The van der Waals surface area contributed by atoms with E-state index in [1.807, 2.05) is 32.0 Å². The number of aromatic nitrogens is 1. The molecule has 0 saturated heterocycles. The van der Waals surface area contributed by atoms with Gasteiger partial charge in [0.15, 0.2) is 5.69 Å². The van der Waals surface area contributed by atoms with Crippen molar-refractivity contribution in [3.05, 3.63) is 62.3 Å². The Hall–Kier alpha value is -3.13. The second-order valence-corrected chi connectivity index (χ2v) is 9.44. The van der Waals surface area contributed by atoms with E-state index in [1.165, 1.54) is 18.4 Å². The first kappa shape index (κ1) is 23.0. The highest BCUT2D eigenvalue weighted by Crippen LogP contribution is 2.38. The van der Waals surface area contributed by atoms with Crippen LogP contribution in [-0.4, -0.2) is 24.1 Å². The Kier molecular flexibility index (Phi) is 6.83. The Morgan fingerprint density at radius 3 is 2.70 bits per heavy atom. The average molecular weight is 469 g/mol. The molecule has 0 atom stereocenters. The monoisotopic (exact) mass is 468 g/mol. The Labute approximate surface area is 197 Å². The maximum atomic E-state index is 13.2. The van der Waals surface area contributed by atoms with Gasteiger partial charge in [-0.15, -0.1) is 11.3 Å². The molecule has 33 heavy (non-hydrogen) atoms. The highest BCUT2D eigenvalue weighted by molar-refractivity contribution is 7.17. The normalized spacial score (nSPS) is 13.2. The first-order chi connectivity index (χ1) is 15.9. The third-order valence-electron chi connectivity index (χ3n) is 5.94. The molecule has 0 fully saturated rings. The van der Waals surface area contributed by atoms with Gasteiger partial charge in [-0.2, -0.15) is 0 Å². The van der Waals surface area contributed by atoms with Gasteiger partial charge in [-0.1, -0.05) is 29.3 Å². The first-order valence-electron chi connectivity index (χ1n) is 11.1. The zero-order valence-electron chi connectivity index (χ0n) is 19.4. The molecule has 0 radical (unpaired) electrons. The third kappa shape index (κ3) is 4.80. The average Bonchev–Trinajstić information content (AvgIpc) is 3.23. The maximum absolute atomic E-state index is 13.2. The standard InChI is InChI=1S/C25H28N2O5S/c1-14-10-11-19(15(2)12-14)31-13-18-16(3)32-27-22(18)23(28)26-24-21(25(29)30-4)17-8-6-5-7-9-20(17)33-24/h10-12H,5-9,13H2,1-4H3,(H,26,28). The molecule has 174 valence electrons. The molecule has 3 aromatic rings. The molecule has 0 spiro atoms. The third-order valence-corrected chi connectivity index (χ3v) is 7.15. The van der Waals surface area contributed by atoms with Crippen molar-refractivity contribution >= 4 is 28.2 Å². The van der Waals surface area contributed by atoms with E-state index < -0.39 is 11.9 Å². The zero-order chi connectivity index (χ0) is 23.5. The number of anilines is 1. The lowest BCUT2D eigenvalue weighted by Crippen LogP contribution is -2.17. The summed E-state index contributed by atoms with van der Waals surface area (Å²) in [4.78, 5) is 26.9. The topological polar surface area (TPSA) is 90.7 Å². The number of fused-ring (bicyclic) bond motifs is 1. The van der Waals surface area contributed by atoms with Gasteiger partial charge in [-0.3, -0.25) is 4.79 Å². The van der Waals surface area contributed by atoms with Crippen LogP contribution in [0, 0.1) is 20.8 Å². The van der Waals surface area contributed by atoms with E-state index >= 15 is 0 Å². The predicted octanol–water partition coefficient (Wildman–Crippen LogP) is 5.55. The van der Waals surface area contributed by atoms with Gasteiger partial charge in [0.25, 0.3) is 5.91 Å². The second kappa shape index (κ2) is 9.79. The number of esters is 1. The molecule has 1 aliphatic carbocycles. The van der Waals surface area contributed by atoms with E-state index in [4.69, 9.17) is 14.0 Å². The number of nitrogens with zero attached hydrogens (tertiary/aromatic N) is 1. The van der Waals surface area contributed by atoms with E-state index in [-0.39, 0.29) is 12.3 Å². The number of ether oxygens (including phenoxy) is 2. The van der Waals surface area contributed by atoms with Gasteiger partial charge in [0.2, 0.25) is 0 Å². The number of aryl methyl sites for hydroxylation is 4. The van der Waals surface area contributed by atoms with E-state index in [0.717, 1.165) is 59.4 Å². The molecule has 1 aliphatic rings. The van der Waals surface area contributed by atoms with Crippen molar-refractivity contribution in [2.75, 3.05) is 12.4 Å². The highest BCUT2D eigenvalue weighted by Gasteiger charge is 2.28. The van der Waals surface area contributed by atoms with Gasteiger partial charge in [0.1, 0.15) is 23.1 Å². The van der Waals surface area contributed by atoms with Crippen LogP contribution in [0.25, 0.3) is 0 Å². The molecular weight excluding hydrogens is 440 g/mol. The van der Waals surface area contributed by atoms with Gasteiger partial charge >= 0.3 is 5.97 Å². The van der Waals surface area contributed by atoms with E-state index in [1.54, 1.807) is 6.92 Å². The summed E-state index contributed by atoms with van der Waals surface area (Å²) in [6, 6.07) is 5.93. The van der Waals surface area contributed by atoms with Crippen molar-refractivity contribution in [3.8, 4) is 5.75 Å². The number of rotatable bonds is 6. The fraction of sp³-hybridized carbons (Fsp3) is 0.400. The number of carbonyl (C=O) groups excluding carboxylic acids is 2. The number of amides is 1. The summed E-state index contributed by atoms with van der Waals surface area (Å²) < 4.78 is 16.3. The first-order valence-corrected chi connectivity index (χ1v) is 11.9. The van der Waals surface area contributed by atoms with Crippen LogP contribution in [0.2, 0.25) is 0 Å². The van der Waals surface area contributed by atoms with E-state index in [2.05, 4.69) is 10.5 Å². The van der Waals surface area contributed by atoms with Crippen LogP contribution in [0.5, 0.6) is 5.75 Å². The summed E-state index contributed by atoms with van der Waals surface area (Å²) in [6.45, 7) is 5.90. The Bertz CT molecular complexity index is 1190. The van der Waals surface area contributed by atoms with Gasteiger partial charge < -0.3 is 19.3 Å². The van der Waals surface area contributed by atoms with Crippen LogP contribution in [-0.2, 0) is 24.2 Å². The van der Waals surface area contributed by atoms with Gasteiger partial charge in [0, 0.05) is 4.88 Å². The lowest BCUT2D eigenvalue weighted by molar-refractivity contribution is 0.0601. The number of carbonyl (C=O) groups is 2. The van der Waals surface area contributed by atoms with Crippen molar-refractivity contribution in [2.45, 2.75) is 59.5 Å². The predicted molar refractivity (Wildman–Crippen MR) is 126 cm³/mol. The summed E-state index contributed by atoms with van der Waals surface area (Å²) in [7, 11) is 1.36. The molecule has 2 heterocycles. The summed E-state index contributed by atoms with van der Waals surface area (Å²) in [5.41, 5.74) is 4.34. The molecular formula is C25H28N2O5S. The van der Waals surface area contributed by atoms with E-state index in [0.29, 0.717) is 21.9 Å². The van der Waals surface area contributed by atoms with Crippen molar-refractivity contribution < 1.29 is 23.6 Å². The van der Waals surface area contributed by atoms with Crippen LogP contribution < -0.4 is 10.1 Å². The molecule has 0 unspecified atom stereocenters. The minimum Gasteiger partial charge on any atom is -0.488 e. The summed E-state index contributed by atoms with van der Waals surface area (Å²) in [5, 5.41) is 7.37. The number of hydrogen-bond acceptors (Lipinski definition) is 7. The number of nitrogens with one attached hydrogen (secondary N) is 1. The minimum absolute atomic E-state index is 0.146.